The second-order valence-electron chi connectivity index (χ2n) is 6.70. The number of anilines is 1. The number of rotatable bonds is 7. The van der Waals surface area contributed by atoms with Crippen LogP contribution in [-0.4, -0.2) is 42.0 Å². The number of fused-ring (bicyclic) bond motifs is 1. The quantitative estimate of drug-likeness (QED) is 0.584. The maximum Gasteiger partial charge on any atom is 0.260 e. The van der Waals surface area contributed by atoms with Crippen molar-refractivity contribution < 1.29 is 4.79 Å². The van der Waals surface area contributed by atoms with E-state index in [2.05, 4.69) is 44.7 Å². The van der Waals surface area contributed by atoms with Crippen molar-refractivity contribution in [3.05, 3.63) is 59.2 Å². The zero-order valence-corrected chi connectivity index (χ0v) is 17.3. The van der Waals surface area contributed by atoms with Crippen LogP contribution < -0.4 is 4.90 Å². The van der Waals surface area contributed by atoms with Gasteiger partial charge in [-0.15, -0.1) is 0 Å². The molecule has 0 atom stereocenters. The molecule has 0 N–H and O–H groups in total. The monoisotopic (exact) mass is 381 g/mol. The second kappa shape index (κ2) is 8.63. The first-order valence-corrected chi connectivity index (χ1v) is 10.3. The minimum atomic E-state index is 0.0104. The molecule has 0 bridgehead atoms. The number of thiazole rings is 1. The molecule has 0 saturated carbocycles. The van der Waals surface area contributed by atoms with Crippen LogP contribution in [0.4, 0.5) is 5.13 Å². The number of nitrogens with zero attached hydrogens (tertiary/aromatic N) is 3. The lowest BCUT2D eigenvalue weighted by Gasteiger charge is -2.24. The molecule has 0 aliphatic heterocycles. The molecule has 0 saturated heterocycles. The van der Waals surface area contributed by atoms with Gasteiger partial charge in [-0.05, 0) is 56.3 Å². The van der Waals surface area contributed by atoms with Crippen molar-refractivity contribution in [3.8, 4) is 0 Å². The fraction of sp³-hybridized carbons (Fsp3) is 0.364. The molecule has 3 rings (SSSR count). The Morgan fingerprint density at radius 1 is 1.00 bits per heavy atom. The van der Waals surface area contributed by atoms with Gasteiger partial charge in [-0.25, -0.2) is 4.98 Å². The summed E-state index contributed by atoms with van der Waals surface area (Å²) in [5.74, 6) is 0.0104. The van der Waals surface area contributed by atoms with Crippen LogP contribution in [0, 0.1) is 13.8 Å². The Kier molecular flexibility index (Phi) is 6.24. The van der Waals surface area contributed by atoms with E-state index in [1.54, 1.807) is 11.3 Å². The molecule has 1 amide bonds. The molecule has 27 heavy (non-hydrogen) atoms. The largest absolute Gasteiger partial charge is 0.302 e. The fourth-order valence-corrected chi connectivity index (χ4v) is 4.18. The number of benzene rings is 2. The normalized spacial score (nSPS) is 11.3. The number of likely N-dealkylation sites (N-methyl/N-ethyl adjacent to an activating group) is 1. The van der Waals surface area contributed by atoms with Crippen molar-refractivity contribution in [2.24, 2.45) is 0 Å². The smallest absolute Gasteiger partial charge is 0.260 e. The third-order valence-electron chi connectivity index (χ3n) is 5.10. The Morgan fingerprint density at radius 2 is 1.70 bits per heavy atom. The zero-order valence-electron chi connectivity index (χ0n) is 16.5. The zero-order chi connectivity index (χ0) is 19.4. The number of hydrogen-bond donors (Lipinski definition) is 0. The van der Waals surface area contributed by atoms with Crippen LogP contribution in [-0.2, 0) is 0 Å². The van der Waals surface area contributed by atoms with E-state index in [1.165, 1.54) is 11.1 Å². The van der Waals surface area contributed by atoms with Crippen molar-refractivity contribution in [2.75, 3.05) is 31.1 Å². The minimum absolute atomic E-state index is 0.0104. The van der Waals surface area contributed by atoms with Gasteiger partial charge in [0.25, 0.3) is 5.91 Å². The third-order valence-corrected chi connectivity index (χ3v) is 6.15. The van der Waals surface area contributed by atoms with Crippen molar-refractivity contribution in [2.45, 2.75) is 27.7 Å². The molecule has 0 aliphatic carbocycles. The minimum Gasteiger partial charge on any atom is -0.302 e. The van der Waals surface area contributed by atoms with Crippen molar-refractivity contribution in [1.82, 2.24) is 9.88 Å². The van der Waals surface area contributed by atoms with Crippen LogP contribution in [0.3, 0.4) is 0 Å². The summed E-state index contributed by atoms with van der Waals surface area (Å²) in [4.78, 5) is 22.3. The van der Waals surface area contributed by atoms with Gasteiger partial charge in [0.1, 0.15) is 0 Å². The Labute approximate surface area is 165 Å². The summed E-state index contributed by atoms with van der Waals surface area (Å²) in [6.07, 6.45) is 0. The van der Waals surface area contributed by atoms with Gasteiger partial charge >= 0.3 is 0 Å². The van der Waals surface area contributed by atoms with E-state index in [9.17, 15) is 4.79 Å². The number of carbonyl (C=O) groups is 1. The molecule has 2 aromatic carbocycles. The summed E-state index contributed by atoms with van der Waals surface area (Å²) in [6.45, 7) is 11.9. The highest BCUT2D eigenvalue weighted by Gasteiger charge is 2.22. The maximum absolute atomic E-state index is 13.2. The van der Waals surface area contributed by atoms with Gasteiger partial charge in [0, 0.05) is 18.7 Å². The molecule has 0 unspecified atom stereocenters. The highest BCUT2D eigenvalue weighted by atomic mass is 32.1. The number of aryl methyl sites for hydroxylation is 2. The summed E-state index contributed by atoms with van der Waals surface area (Å²) in [6, 6.07) is 13.7. The van der Waals surface area contributed by atoms with E-state index in [0.29, 0.717) is 12.1 Å². The SMILES string of the molecule is CCN(CC)CCN(C(=O)c1ccccc1)c1nc2c(C)c(C)ccc2s1. The van der Waals surface area contributed by atoms with Gasteiger partial charge in [-0.1, -0.05) is 49.4 Å². The third kappa shape index (κ3) is 4.20. The van der Waals surface area contributed by atoms with Crippen LogP contribution in [0.25, 0.3) is 10.2 Å². The second-order valence-corrected chi connectivity index (χ2v) is 7.71. The molecule has 1 heterocycles. The topological polar surface area (TPSA) is 36.4 Å². The van der Waals surface area contributed by atoms with Gasteiger partial charge < -0.3 is 4.90 Å². The highest BCUT2D eigenvalue weighted by molar-refractivity contribution is 7.22. The first-order chi connectivity index (χ1) is 13.0. The van der Waals surface area contributed by atoms with Crippen molar-refractivity contribution >= 4 is 32.6 Å². The van der Waals surface area contributed by atoms with Gasteiger partial charge in [-0.2, -0.15) is 0 Å². The lowest BCUT2D eigenvalue weighted by atomic mass is 10.1. The first kappa shape index (κ1) is 19.5. The van der Waals surface area contributed by atoms with Crippen molar-refractivity contribution in [1.29, 1.82) is 0 Å². The molecule has 5 heteroatoms. The average molecular weight is 382 g/mol. The summed E-state index contributed by atoms with van der Waals surface area (Å²) in [5, 5.41) is 0.778. The van der Waals surface area contributed by atoms with Crippen LogP contribution in [0.15, 0.2) is 42.5 Å². The fourth-order valence-electron chi connectivity index (χ4n) is 3.13. The molecule has 0 spiro atoms. The predicted octanol–water partition coefficient (Wildman–Crippen LogP) is 4.90. The Balaban J connectivity index is 1.98. The summed E-state index contributed by atoms with van der Waals surface area (Å²) in [7, 11) is 0. The summed E-state index contributed by atoms with van der Waals surface area (Å²) < 4.78 is 1.13. The molecular formula is C22H27N3OS. The van der Waals surface area contributed by atoms with Gasteiger partial charge in [0.15, 0.2) is 5.13 Å². The average Bonchev–Trinajstić information content (AvgIpc) is 3.13. The van der Waals surface area contributed by atoms with Crippen LogP contribution in [0.1, 0.15) is 35.3 Å². The predicted molar refractivity (Wildman–Crippen MR) is 115 cm³/mol. The first-order valence-electron chi connectivity index (χ1n) is 9.51. The molecule has 0 fully saturated rings. The van der Waals surface area contributed by atoms with E-state index in [4.69, 9.17) is 4.98 Å². The Bertz CT molecular complexity index is 916. The van der Waals surface area contributed by atoms with Crippen LogP contribution in [0.2, 0.25) is 0 Å². The van der Waals surface area contributed by atoms with Crippen molar-refractivity contribution in [3.63, 3.8) is 0 Å². The summed E-state index contributed by atoms with van der Waals surface area (Å²) in [5.41, 5.74) is 4.11. The Morgan fingerprint density at radius 3 is 2.37 bits per heavy atom. The lowest BCUT2D eigenvalue weighted by Crippen LogP contribution is -2.38. The van der Waals surface area contributed by atoms with E-state index in [1.807, 2.05) is 35.2 Å². The van der Waals surface area contributed by atoms with E-state index < -0.39 is 0 Å². The number of amides is 1. The molecule has 0 aliphatic rings. The van der Waals surface area contributed by atoms with Gasteiger partial charge in [-0.3, -0.25) is 9.69 Å². The van der Waals surface area contributed by atoms with Gasteiger partial charge in [0.2, 0.25) is 0 Å². The lowest BCUT2D eigenvalue weighted by molar-refractivity contribution is 0.0984. The Hall–Kier alpha value is -2.24. The molecule has 3 aromatic rings. The maximum atomic E-state index is 13.2. The molecule has 0 radical (unpaired) electrons. The molecule has 4 nitrogen and oxygen atoms in total. The molecule has 142 valence electrons. The van der Waals surface area contributed by atoms with Crippen LogP contribution in [0.5, 0.6) is 0 Å². The number of carbonyl (C=O) groups excluding carboxylic acids is 1. The highest BCUT2D eigenvalue weighted by Crippen LogP contribution is 2.32. The molecule has 1 aromatic heterocycles. The summed E-state index contributed by atoms with van der Waals surface area (Å²) >= 11 is 1.59. The van der Waals surface area contributed by atoms with E-state index in [0.717, 1.165) is 35.0 Å². The van der Waals surface area contributed by atoms with Gasteiger partial charge in [0.05, 0.1) is 10.2 Å². The van der Waals surface area contributed by atoms with E-state index in [-0.39, 0.29) is 5.91 Å². The number of aromatic nitrogens is 1. The molecular weight excluding hydrogens is 354 g/mol. The van der Waals surface area contributed by atoms with E-state index >= 15 is 0 Å². The number of hydrogen-bond acceptors (Lipinski definition) is 4. The van der Waals surface area contributed by atoms with Crippen LogP contribution >= 0.6 is 11.3 Å². The standard InChI is InChI=1S/C22H27N3OS/c1-5-24(6-2)14-15-25(21(26)18-10-8-7-9-11-18)22-23-20-17(4)16(3)12-13-19(20)27-22/h7-13H,5-6,14-15H2,1-4H3.